The van der Waals surface area contributed by atoms with Crippen LogP contribution in [-0.4, -0.2) is 33.0 Å². The third-order valence-electron chi connectivity index (χ3n) is 3.30. The van der Waals surface area contributed by atoms with E-state index in [0.29, 0.717) is 29.4 Å². The Balaban J connectivity index is 3.36. The van der Waals surface area contributed by atoms with Gasteiger partial charge in [0.2, 0.25) is 5.75 Å². The zero-order valence-corrected chi connectivity index (χ0v) is 12.2. The lowest BCUT2D eigenvalue weighted by molar-refractivity contribution is 0.0529. The van der Waals surface area contributed by atoms with E-state index in [0.717, 1.165) is 0 Å². The highest BCUT2D eigenvalue weighted by Crippen LogP contribution is 2.45. The second kappa shape index (κ2) is 6.12. The SMILES string of the molecule is COc1ccc(C(O)C(C)(C)CN)c(OC)c1OC. The molecule has 5 nitrogen and oxygen atoms in total. The van der Waals surface area contributed by atoms with Crippen molar-refractivity contribution in [2.45, 2.75) is 20.0 Å². The summed E-state index contributed by atoms with van der Waals surface area (Å²) in [5, 5.41) is 10.5. The Morgan fingerprint density at radius 2 is 1.68 bits per heavy atom. The van der Waals surface area contributed by atoms with Crippen LogP contribution in [0.25, 0.3) is 0 Å². The quantitative estimate of drug-likeness (QED) is 0.822. The van der Waals surface area contributed by atoms with E-state index in [9.17, 15) is 5.11 Å². The standard InChI is InChI=1S/C14H23NO4/c1-14(2,8-15)13(16)9-6-7-10(17-3)12(19-5)11(9)18-4/h6-7,13,16H,8,15H2,1-5H3. The Kier molecular flexibility index (Phi) is 5.03. The lowest BCUT2D eigenvalue weighted by Gasteiger charge is -2.30. The van der Waals surface area contributed by atoms with Gasteiger partial charge in [-0.3, -0.25) is 0 Å². The molecule has 0 aliphatic heterocycles. The van der Waals surface area contributed by atoms with E-state index in [1.54, 1.807) is 19.2 Å². The highest BCUT2D eigenvalue weighted by atomic mass is 16.5. The van der Waals surface area contributed by atoms with Crippen molar-refractivity contribution >= 4 is 0 Å². The van der Waals surface area contributed by atoms with Crippen LogP contribution < -0.4 is 19.9 Å². The van der Waals surface area contributed by atoms with Crippen LogP contribution in [0.3, 0.4) is 0 Å². The number of rotatable bonds is 6. The van der Waals surface area contributed by atoms with E-state index >= 15 is 0 Å². The Bertz CT molecular complexity index is 432. The van der Waals surface area contributed by atoms with Gasteiger partial charge < -0.3 is 25.1 Å². The minimum atomic E-state index is -0.757. The largest absolute Gasteiger partial charge is 0.493 e. The summed E-state index contributed by atoms with van der Waals surface area (Å²) >= 11 is 0. The van der Waals surface area contributed by atoms with Gasteiger partial charge in [-0.25, -0.2) is 0 Å². The summed E-state index contributed by atoms with van der Waals surface area (Å²) in [5.41, 5.74) is 5.88. The molecule has 19 heavy (non-hydrogen) atoms. The molecule has 0 radical (unpaired) electrons. The third kappa shape index (κ3) is 2.93. The number of aliphatic hydroxyl groups excluding tert-OH is 1. The van der Waals surface area contributed by atoms with E-state index < -0.39 is 11.5 Å². The lowest BCUT2D eigenvalue weighted by atomic mass is 9.82. The predicted molar refractivity (Wildman–Crippen MR) is 73.9 cm³/mol. The molecular formula is C14H23NO4. The van der Waals surface area contributed by atoms with Crippen LogP contribution in [0, 0.1) is 5.41 Å². The number of benzene rings is 1. The molecule has 1 rings (SSSR count). The summed E-state index contributed by atoms with van der Waals surface area (Å²) in [4.78, 5) is 0. The van der Waals surface area contributed by atoms with Gasteiger partial charge in [0, 0.05) is 17.5 Å². The van der Waals surface area contributed by atoms with Crippen LogP contribution in [0.1, 0.15) is 25.5 Å². The zero-order valence-electron chi connectivity index (χ0n) is 12.2. The Hall–Kier alpha value is -1.46. The van der Waals surface area contributed by atoms with Crippen LogP contribution in [-0.2, 0) is 0 Å². The summed E-state index contributed by atoms with van der Waals surface area (Å²) < 4.78 is 15.9. The molecule has 0 amide bonds. The van der Waals surface area contributed by atoms with Gasteiger partial charge in [0.1, 0.15) is 0 Å². The van der Waals surface area contributed by atoms with Gasteiger partial charge >= 0.3 is 0 Å². The monoisotopic (exact) mass is 269 g/mol. The molecule has 0 aliphatic rings. The molecule has 108 valence electrons. The summed E-state index contributed by atoms with van der Waals surface area (Å²) in [6, 6.07) is 3.51. The molecule has 1 aromatic rings. The van der Waals surface area contributed by atoms with Crippen molar-refractivity contribution in [3.8, 4) is 17.2 Å². The van der Waals surface area contributed by atoms with Gasteiger partial charge in [-0.05, 0) is 12.1 Å². The first kappa shape index (κ1) is 15.6. The van der Waals surface area contributed by atoms with Crippen molar-refractivity contribution in [3.63, 3.8) is 0 Å². The minimum Gasteiger partial charge on any atom is -0.493 e. The van der Waals surface area contributed by atoms with Crippen molar-refractivity contribution in [2.24, 2.45) is 11.1 Å². The molecule has 0 aromatic heterocycles. The van der Waals surface area contributed by atoms with Gasteiger partial charge in [0.15, 0.2) is 11.5 Å². The molecule has 1 atom stereocenters. The molecule has 0 saturated carbocycles. The number of ether oxygens (including phenoxy) is 3. The number of methoxy groups -OCH3 is 3. The molecule has 0 heterocycles. The molecule has 0 aliphatic carbocycles. The Labute approximate surface area is 114 Å². The molecule has 0 fully saturated rings. The molecular weight excluding hydrogens is 246 g/mol. The summed E-state index contributed by atoms with van der Waals surface area (Å²) in [6.07, 6.45) is -0.757. The number of hydrogen-bond acceptors (Lipinski definition) is 5. The van der Waals surface area contributed by atoms with Gasteiger partial charge in [0.25, 0.3) is 0 Å². The fourth-order valence-electron chi connectivity index (χ4n) is 1.87. The van der Waals surface area contributed by atoms with Gasteiger partial charge in [0.05, 0.1) is 27.4 Å². The fraction of sp³-hybridized carbons (Fsp3) is 0.571. The molecule has 1 unspecified atom stereocenters. The first-order valence-corrected chi connectivity index (χ1v) is 6.10. The van der Waals surface area contributed by atoms with Crippen LogP contribution in [0.5, 0.6) is 17.2 Å². The first-order chi connectivity index (χ1) is 8.92. The van der Waals surface area contributed by atoms with Crippen LogP contribution in [0.15, 0.2) is 12.1 Å². The summed E-state index contributed by atoms with van der Waals surface area (Å²) in [7, 11) is 4.62. The van der Waals surface area contributed by atoms with E-state index in [1.165, 1.54) is 14.2 Å². The fourth-order valence-corrected chi connectivity index (χ4v) is 1.87. The molecule has 5 heteroatoms. The average molecular weight is 269 g/mol. The van der Waals surface area contributed by atoms with Gasteiger partial charge in [-0.2, -0.15) is 0 Å². The molecule has 1 aromatic carbocycles. The van der Waals surface area contributed by atoms with Crippen molar-refractivity contribution in [2.75, 3.05) is 27.9 Å². The number of nitrogens with two attached hydrogens (primary N) is 1. The van der Waals surface area contributed by atoms with Gasteiger partial charge in [-0.1, -0.05) is 13.8 Å². The second-order valence-electron chi connectivity index (χ2n) is 5.02. The number of aliphatic hydroxyl groups is 1. The molecule has 0 saturated heterocycles. The topological polar surface area (TPSA) is 73.9 Å². The average Bonchev–Trinajstić information content (AvgIpc) is 2.44. The van der Waals surface area contributed by atoms with Crippen LogP contribution >= 0.6 is 0 Å². The van der Waals surface area contributed by atoms with Crippen molar-refractivity contribution < 1.29 is 19.3 Å². The highest BCUT2D eigenvalue weighted by Gasteiger charge is 2.31. The van der Waals surface area contributed by atoms with Crippen LogP contribution in [0.4, 0.5) is 0 Å². The zero-order chi connectivity index (χ0) is 14.6. The summed E-state index contributed by atoms with van der Waals surface area (Å²) in [6.45, 7) is 4.15. The van der Waals surface area contributed by atoms with E-state index in [1.807, 2.05) is 13.8 Å². The lowest BCUT2D eigenvalue weighted by Crippen LogP contribution is -2.31. The maximum atomic E-state index is 10.5. The predicted octanol–water partition coefficient (Wildman–Crippen LogP) is 1.73. The number of hydrogen-bond donors (Lipinski definition) is 2. The van der Waals surface area contributed by atoms with E-state index in [2.05, 4.69) is 0 Å². The normalized spacial score (nSPS) is 13.0. The first-order valence-electron chi connectivity index (χ1n) is 6.10. The van der Waals surface area contributed by atoms with Crippen LogP contribution in [0.2, 0.25) is 0 Å². The minimum absolute atomic E-state index is 0.353. The Morgan fingerprint density at radius 3 is 2.11 bits per heavy atom. The van der Waals surface area contributed by atoms with E-state index in [4.69, 9.17) is 19.9 Å². The second-order valence-corrected chi connectivity index (χ2v) is 5.02. The van der Waals surface area contributed by atoms with Crippen molar-refractivity contribution in [1.29, 1.82) is 0 Å². The summed E-state index contributed by atoms with van der Waals surface area (Å²) in [5.74, 6) is 1.49. The van der Waals surface area contributed by atoms with Gasteiger partial charge in [-0.15, -0.1) is 0 Å². The molecule has 3 N–H and O–H groups in total. The maximum absolute atomic E-state index is 10.5. The van der Waals surface area contributed by atoms with Crippen molar-refractivity contribution in [3.05, 3.63) is 17.7 Å². The smallest absolute Gasteiger partial charge is 0.203 e. The molecule has 0 bridgehead atoms. The van der Waals surface area contributed by atoms with E-state index in [-0.39, 0.29) is 0 Å². The molecule has 0 spiro atoms. The maximum Gasteiger partial charge on any atom is 0.203 e. The van der Waals surface area contributed by atoms with Crippen molar-refractivity contribution in [1.82, 2.24) is 0 Å². The Morgan fingerprint density at radius 1 is 1.11 bits per heavy atom. The third-order valence-corrected chi connectivity index (χ3v) is 3.30. The highest BCUT2D eigenvalue weighted by molar-refractivity contribution is 5.56.